The Bertz CT molecular complexity index is 721. The van der Waals surface area contributed by atoms with Crippen LogP contribution in [0.2, 0.25) is 4.82 Å². The Balaban J connectivity index is 1.90. The van der Waals surface area contributed by atoms with Crippen LogP contribution in [0.1, 0.15) is 42.7 Å². The number of likely N-dealkylation sites (tertiary alicyclic amines) is 1. The Kier molecular flexibility index (Phi) is 6.27. The van der Waals surface area contributed by atoms with Crippen molar-refractivity contribution >= 4 is 37.1 Å². The molecule has 132 valence electrons. The summed E-state index contributed by atoms with van der Waals surface area (Å²) in [5.41, 5.74) is 2.74. The molecule has 1 aliphatic rings. The molecular formula is C21H25NOSSe. The first kappa shape index (κ1) is 18.6. The molecule has 2 aromatic carbocycles. The average molecular weight is 418 g/mol. The molecule has 1 amide bonds. The third-order valence-corrected chi connectivity index (χ3v) is 8.82. The van der Waals surface area contributed by atoms with E-state index in [2.05, 4.69) is 66.6 Å². The molecule has 1 heterocycles. The predicted octanol–water partition coefficient (Wildman–Crippen LogP) is 4.22. The Morgan fingerprint density at radius 2 is 1.84 bits per heavy atom. The van der Waals surface area contributed by atoms with E-state index in [1.54, 1.807) is 6.92 Å². The summed E-state index contributed by atoms with van der Waals surface area (Å²) in [6.45, 7) is 4.86. The third kappa shape index (κ3) is 4.13. The quantitative estimate of drug-likeness (QED) is 0.678. The van der Waals surface area contributed by atoms with Crippen LogP contribution in [0.15, 0.2) is 54.6 Å². The number of thioether (sulfide) groups is 1. The molecule has 3 atom stereocenters. The second-order valence-corrected chi connectivity index (χ2v) is 10.3. The number of amides is 1. The zero-order valence-electron chi connectivity index (χ0n) is 15.0. The zero-order chi connectivity index (χ0) is 17.8. The fraction of sp³-hybridized carbons (Fsp3) is 0.381. The molecule has 0 bridgehead atoms. The molecule has 2 unspecified atom stereocenters. The van der Waals surface area contributed by atoms with Crippen LogP contribution >= 0.6 is 11.8 Å². The topological polar surface area (TPSA) is 20.3 Å². The van der Waals surface area contributed by atoms with Gasteiger partial charge in [-0.1, -0.05) is 0 Å². The number of carbonyl (C=O) groups excluding carboxylic acids is 1. The Morgan fingerprint density at radius 3 is 2.52 bits per heavy atom. The van der Waals surface area contributed by atoms with Crippen molar-refractivity contribution in [2.75, 3.05) is 12.8 Å². The van der Waals surface area contributed by atoms with Gasteiger partial charge < -0.3 is 0 Å². The summed E-state index contributed by atoms with van der Waals surface area (Å²) >= 11 is 2.25. The maximum atomic E-state index is 12.2. The second-order valence-electron chi connectivity index (χ2n) is 6.43. The molecule has 0 radical (unpaired) electrons. The Hall–Kier alpha value is -1.22. The van der Waals surface area contributed by atoms with Crippen LogP contribution in [0, 0.1) is 0 Å². The fourth-order valence-electron chi connectivity index (χ4n) is 3.50. The number of hydrogen-bond acceptors (Lipinski definition) is 2. The van der Waals surface area contributed by atoms with Gasteiger partial charge in [-0.05, 0) is 0 Å². The normalized spacial score (nSPS) is 21.3. The molecule has 2 aromatic rings. The molecule has 25 heavy (non-hydrogen) atoms. The van der Waals surface area contributed by atoms with Crippen LogP contribution < -0.4 is 4.46 Å². The fourth-order valence-corrected chi connectivity index (χ4v) is 7.32. The summed E-state index contributed by atoms with van der Waals surface area (Å²) in [6.07, 6.45) is 3.27. The van der Waals surface area contributed by atoms with Gasteiger partial charge in [-0.3, -0.25) is 0 Å². The van der Waals surface area contributed by atoms with Gasteiger partial charge in [0.1, 0.15) is 0 Å². The third-order valence-electron chi connectivity index (χ3n) is 4.88. The van der Waals surface area contributed by atoms with Crippen molar-refractivity contribution in [1.29, 1.82) is 0 Å². The summed E-state index contributed by atoms with van der Waals surface area (Å²) in [4.78, 5) is 14.8. The molecule has 0 spiro atoms. The minimum atomic E-state index is 0.193. The first-order valence-corrected chi connectivity index (χ1v) is 11.9. The second kappa shape index (κ2) is 8.44. The number of carbonyl (C=O) groups is 1. The Labute approximate surface area is 161 Å². The van der Waals surface area contributed by atoms with Gasteiger partial charge in [0.25, 0.3) is 0 Å². The molecule has 1 saturated heterocycles. The summed E-state index contributed by atoms with van der Waals surface area (Å²) in [5, 5.41) is 0.513. The van der Waals surface area contributed by atoms with Crippen molar-refractivity contribution in [3.63, 3.8) is 0 Å². The number of nitrogens with zero attached hydrogens (tertiary/aromatic N) is 1. The van der Waals surface area contributed by atoms with Gasteiger partial charge in [0.2, 0.25) is 0 Å². The van der Waals surface area contributed by atoms with Crippen LogP contribution in [-0.2, 0) is 4.79 Å². The van der Waals surface area contributed by atoms with Gasteiger partial charge in [0, 0.05) is 0 Å². The van der Waals surface area contributed by atoms with E-state index in [4.69, 9.17) is 0 Å². The molecule has 1 aliphatic heterocycles. The van der Waals surface area contributed by atoms with Gasteiger partial charge >= 0.3 is 162 Å². The van der Waals surface area contributed by atoms with E-state index >= 15 is 0 Å². The first-order valence-electron chi connectivity index (χ1n) is 8.72. The van der Waals surface area contributed by atoms with E-state index in [1.165, 1.54) is 15.6 Å². The van der Waals surface area contributed by atoms with Crippen LogP contribution in [0.4, 0.5) is 0 Å². The molecular weight excluding hydrogens is 393 g/mol. The molecule has 0 N–H and O–H groups in total. The van der Waals surface area contributed by atoms with Gasteiger partial charge in [0.15, 0.2) is 0 Å². The van der Waals surface area contributed by atoms with Crippen molar-refractivity contribution in [2.45, 2.75) is 36.4 Å². The molecule has 0 saturated carbocycles. The van der Waals surface area contributed by atoms with E-state index in [0.717, 1.165) is 13.0 Å². The van der Waals surface area contributed by atoms with Crippen LogP contribution in [0.3, 0.4) is 0 Å². The van der Waals surface area contributed by atoms with E-state index in [9.17, 15) is 4.79 Å². The van der Waals surface area contributed by atoms with Crippen molar-refractivity contribution in [1.82, 2.24) is 4.90 Å². The van der Waals surface area contributed by atoms with E-state index in [0.29, 0.717) is 25.0 Å². The van der Waals surface area contributed by atoms with Crippen LogP contribution in [0.5, 0.6) is 0 Å². The van der Waals surface area contributed by atoms with Crippen molar-refractivity contribution in [3.8, 4) is 0 Å². The van der Waals surface area contributed by atoms with E-state index in [1.807, 2.05) is 17.8 Å². The van der Waals surface area contributed by atoms with Gasteiger partial charge in [0.05, 0.1) is 0 Å². The maximum absolute atomic E-state index is 12.2. The standard InChI is InChI=1S/C21H25NOSSe/c1-15(24-3)18-11-7-8-12-19(18)25-20-13-14-22(16(2)23)21(20)17-9-5-4-6-10-17/h4-12,15,20-21H,13-14H2,1-3H3/t15-,20?,21?/m0/s1. The summed E-state index contributed by atoms with van der Waals surface area (Å²) < 4.78 is 1.49. The van der Waals surface area contributed by atoms with Gasteiger partial charge in [-0.2, -0.15) is 0 Å². The van der Waals surface area contributed by atoms with Crippen molar-refractivity contribution in [2.24, 2.45) is 0 Å². The minimum absolute atomic E-state index is 0.193. The first-order chi connectivity index (χ1) is 12.1. The molecule has 0 aromatic heterocycles. The number of rotatable bonds is 5. The molecule has 1 fully saturated rings. The van der Waals surface area contributed by atoms with Crippen molar-refractivity contribution in [3.05, 3.63) is 65.7 Å². The van der Waals surface area contributed by atoms with Gasteiger partial charge in [-0.25, -0.2) is 0 Å². The number of benzene rings is 2. The Morgan fingerprint density at radius 1 is 1.16 bits per heavy atom. The zero-order valence-corrected chi connectivity index (χ0v) is 17.5. The van der Waals surface area contributed by atoms with Crippen LogP contribution in [-0.4, -0.2) is 38.6 Å². The van der Waals surface area contributed by atoms with Crippen molar-refractivity contribution < 1.29 is 4.79 Å². The molecule has 4 heteroatoms. The molecule has 3 rings (SSSR count). The number of hydrogen-bond donors (Lipinski definition) is 0. The average Bonchev–Trinajstić information content (AvgIpc) is 3.06. The van der Waals surface area contributed by atoms with Crippen LogP contribution in [0.25, 0.3) is 0 Å². The van der Waals surface area contributed by atoms with Gasteiger partial charge in [-0.15, -0.1) is 0 Å². The monoisotopic (exact) mass is 419 g/mol. The predicted molar refractivity (Wildman–Crippen MR) is 109 cm³/mol. The molecule has 0 aliphatic carbocycles. The summed E-state index contributed by atoms with van der Waals surface area (Å²) in [5.74, 6) is 0.193. The SMILES string of the molecule is CS[C@@H](C)c1ccccc1[Se]C1CCN(C(C)=O)C1c1ccccc1. The van der Waals surface area contributed by atoms with E-state index < -0.39 is 0 Å². The summed E-state index contributed by atoms with van der Waals surface area (Å²) in [6, 6.07) is 19.6. The van der Waals surface area contributed by atoms with E-state index in [-0.39, 0.29) is 11.9 Å². The molecule has 2 nitrogen and oxygen atoms in total. The summed E-state index contributed by atoms with van der Waals surface area (Å²) in [7, 11) is 0.